The van der Waals surface area contributed by atoms with Gasteiger partial charge in [-0.3, -0.25) is 14.9 Å². The number of amides is 1. The fraction of sp³-hybridized carbons (Fsp3) is 0.0556. The van der Waals surface area contributed by atoms with Crippen LogP contribution < -0.4 is 5.01 Å². The molecule has 2 N–H and O–H groups in total. The van der Waals surface area contributed by atoms with Crippen molar-refractivity contribution in [2.24, 2.45) is 5.10 Å². The summed E-state index contributed by atoms with van der Waals surface area (Å²) in [6.45, 7) is 1.60. The number of carbonyl (C=O) groups excluding carboxylic acids is 1. The van der Waals surface area contributed by atoms with Gasteiger partial charge in [0.25, 0.3) is 5.91 Å². The summed E-state index contributed by atoms with van der Waals surface area (Å²) in [5.41, 5.74) is 0.750. The Morgan fingerprint density at radius 1 is 1.26 bits per heavy atom. The van der Waals surface area contributed by atoms with Gasteiger partial charge >= 0.3 is 11.7 Å². The van der Waals surface area contributed by atoms with Gasteiger partial charge in [0.1, 0.15) is 0 Å². The van der Waals surface area contributed by atoms with Crippen LogP contribution in [0.15, 0.2) is 53.1 Å². The zero-order valence-corrected chi connectivity index (χ0v) is 14.0. The van der Waals surface area contributed by atoms with Crippen molar-refractivity contribution in [2.45, 2.75) is 6.92 Å². The molecule has 0 aromatic heterocycles. The Bertz CT molecular complexity index is 1040. The molecule has 2 aromatic carbocycles. The SMILES string of the molecule is CC1=NN(c2cccc(C(=O)O)c2)C(=O)C1=Cc1ccc(O)c([N+](=O)[O-])c1. The number of phenolic OH excluding ortho intramolecular Hbond substituents is 1. The smallest absolute Gasteiger partial charge is 0.335 e. The van der Waals surface area contributed by atoms with Crippen LogP contribution in [0.5, 0.6) is 5.75 Å². The normalized spacial score (nSPS) is 15.1. The highest BCUT2D eigenvalue weighted by Gasteiger charge is 2.29. The molecule has 0 saturated carbocycles. The third-order valence-corrected chi connectivity index (χ3v) is 3.91. The molecule has 0 fully saturated rings. The zero-order chi connectivity index (χ0) is 19.7. The first-order chi connectivity index (χ1) is 12.8. The van der Waals surface area contributed by atoms with Crippen LogP contribution in [-0.4, -0.2) is 32.7 Å². The van der Waals surface area contributed by atoms with Gasteiger partial charge in [-0.1, -0.05) is 12.1 Å². The van der Waals surface area contributed by atoms with Gasteiger partial charge in [0.2, 0.25) is 0 Å². The van der Waals surface area contributed by atoms with E-state index in [2.05, 4.69) is 5.10 Å². The molecule has 1 aliphatic heterocycles. The van der Waals surface area contributed by atoms with Crippen molar-refractivity contribution in [3.63, 3.8) is 0 Å². The summed E-state index contributed by atoms with van der Waals surface area (Å²) in [6.07, 6.45) is 1.43. The molecule has 0 saturated heterocycles. The van der Waals surface area contributed by atoms with Crippen LogP contribution >= 0.6 is 0 Å². The number of carboxylic acid groups (broad SMARTS) is 1. The molecule has 0 radical (unpaired) electrons. The second-order valence-corrected chi connectivity index (χ2v) is 5.72. The number of hydrazone groups is 1. The number of hydrogen-bond acceptors (Lipinski definition) is 6. The Labute approximate surface area is 152 Å². The van der Waals surface area contributed by atoms with Crippen LogP contribution in [0.25, 0.3) is 6.08 Å². The monoisotopic (exact) mass is 367 g/mol. The Morgan fingerprint density at radius 3 is 2.67 bits per heavy atom. The predicted octanol–water partition coefficient (Wildman–Crippen LogP) is 2.80. The van der Waals surface area contributed by atoms with E-state index in [1.807, 2.05) is 0 Å². The van der Waals surface area contributed by atoms with Crippen molar-refractivity contribution in [2.75, 3.05) is 5.01 Å². The number of nitrogens with zero attached hydrogens (tertiary/aromatic N) is 3. The molecule has 136 valence electrons. The average molecular weight is 367 g/mol. The molecule has 9 heteroatoms. The van der Waals surface area contributed by atoms with E-state index in [0.29, 0.717) is 17.0 Å². The van der Waals surface area contributed by atoms with Crippen LogP contribution in [0.4, 0.5) is 11.4 Å². The topological polar surface area (TPSA) is 133 Å². The first-order valence-corrected chi connectivity index (χ1v) is 7.70. The lowest BCUT2D eigenvalue weighted by Crippen LogP contribution is -2.21. The van der Waals surface area contributed by atoms with Crippen molar-refractivity contribution >= 4 is 35.0 Å². The van der Waals surface area contributed by atoms with E-state index in [1.54, 1.807) is 13.0 Å². The lowest BCUT2D eigenvalue weighted by molar-refractivity contribution is -0.385. The lowest BCUT2D eigenvalue weighted by atomic mass is 10.1. The molecule has 1 amide bonds. The number of hydrogen-bond donors (Lipinski definition) is 2. The molecular formula is C18H13N3O6. The Hall–Kier alpha value is -4.01. The highest BCUT2D eigenvalue weighted by molar-refractivity contribution is 6.32. The van der Waals surface area contributed by atoms with E-state index in [1.165, 1.54) is 36.4 Å². The number of aromatic hydroxyl groups is 1. The van der Waals surface area contributed by atoms with E-state index in [-0.39, 0.29) is 11.1 Å². The second kappa shape index (κ2) is 6.71. The van der Waals surface area contributed by atoms with Gasteiger partial charge in [0.05, 0.1) is 27.5 Å². The molecule has 1 aliphatic rings. The molecule has 0 unspecified atom stereocenters. The number of aromatic carboxylic acids is 1. The summed E-state index contributed by atoms with van der Waals surface area (Å²) in [7, 11) is 0. The molecule has 3 rings (SSSR count). The maximum absolute atomic E-state index is 12.7. The van der Waals surface area contributed by atoms with E-state index in [0.717, 1.165) is 11.1 Å². The number of phenols is 1. The van der Waals surface area contributed by atoms with Crippen molar-refractivity contribution in [1.82, 2.24) is 0 Å². The van der Waals surface area contributed by atoms with Gasteiger partial charge in [0.15, 0.2) is 5.75 Å². The van der Waals surface area contributed by atoms with Crippen LogP contribution in [-0.2, 0) is 4.79 Å². The lowest BCUT2D eigenvalue weighted by Gasteiger charge is -2.12. The van der Waals surface area contributed by atoms with Crippen LogP contribution in [0.1, 0.15) is 22.8 Å². The average Bonchev–Trinajstić information content (AvgIpc) is 2.91. The third-order valence-electron chi connectivity index (χ3n) is 3.91. The molecule has 27 heavy (non-hydrogen) atoms. The summed E-state index contributed by atoms with van der Waals surface area (Å²) in [6, 6.07) is 9.53. The quantitative estimate of drug-likeness (QED) is 0.485. The summed E-state index contributed by atoms with van der Waals surface area (Å²) < 4.78 is 0. The van der Waals surface area contributed by atoms with Gasteiger partial charge < -0.3 is 10.2 Å². The molecule has 2 aromatic rings. The van der Waals surface area contributed by atoms with E-state index >= 15 is 0 Å². The largest absolute Gasteiger partial charge is 0.502 e. The standard InChI is InChI=1S/C18H13N3O6/c1-10-14(7-11-5-6-16(22)15(8-11)21(26)27)17(23)20(19-10)13-4-2-3-12(9-13)18(24)25/h2-9,22H,1H3,(H,24,25). The molecular weight excluding hydrogens is 354 g/mol. The van der Waals surface area contributed by atoms with Crippen LogP contribution in [0.2, 0.25) is 0 Å². The van der Waals surface area contributed by atoms with E-state index < -0.39 is 28.2 Å². The zero-order valence-electron chi connectivity index (χ0n) is 14.0. The number of nitro groups is 1. The minimum absolute atomic E-state index is 0.0137. The van der Waals surface area contributed by atoms with Gasteiger partial charge in [-0.25, -0.2) is 4.79 Å². The van der Waals surface area contributed by atoms with Crippen molar-refractivity contribution in [3.8, 4) is 5.75 Å². The number of benzene rings is 2. The number of carbonyl (C=O) groups is 2. The minimum Gasteiger partial charge on any atom is -0.502 e. The second-order valence-electron chi connectivity index (χ2n) is 5.72. The van der Waals surface area contributed by atoms with Crippen LogP contribution in [0.3, 0.4) is 0 Å². The van der Waals surface area contributed by atoms with Crippen LogP contribution in [0, 0.1) is 10.1 Å². The van der Waals surface area contributed by atoms with Gasteiger partial charge in [0, 0.05) is 6.07 Å². The van der Waals surface area contributed by atoms with E-state index in [9.17, 15) is 24.8 Å². The third kappa shape index (κ3) is 3.38. The summed E-state index contributed by atoms with van der Waals surface area (Å²) in [4.78, 5) is 34.0. The number of rotatable bonds is 4. The molecule has 0 spiro atoms. The fourth-order valence-corrected chi connectivity index (χ4v) is 2.57. The van der Waals surface area contributed by atoms with Gasteiger partial charge in [-0.15, -0.1) is 0 Å². The first-order valence-electron chi connectivity index (χ1n) is 7.70. The maximum atomic E-state index is 12.7. The Morgan fingerprint density at radius 2 is 2.00 bits per heavy atom. The van der Waals surface area contributed by atoms with Crippen molar-refractivity contribution in [3.05, 3.63) is 69.3 Å². The summed E-state index contributed by atoms with van der Waals surface area (Å²) in [5, 5.41) is 34.8. The molecule has 0 aliphatic carbocycles. The number of carboxylic acids is 1. The highest BCUT2D eigenvalue weighted by Crippen LogP contribution is 2.29. The summed E-state index contributed by atoms with van der Waals surface area (Å²) >= 11 is 0. The highest BCUT2D eigenvalue weighted by atomic mass is 16.6. The molecule has 1 heterocycles. The summed E-state index contributed by atoms with van der Waals surface area (Å²) in [5.74, 6) is -2.10. The van der Waals surface area contributed by atoms with Crippen molar-refractivity contribution < 1.29 is 24.7 Å². The number of nitro benzene ring substituents is 1. The Balaban J connectivity index is 1.97. The van der Waals surface area contributed by atoms with Gasteiger partial charge in [-0.2, -0.15) is 10.1 Å². The predicted molar refractivity (Wildman–Crippen MR) is 96.7 cm³/mol. The molecule has 0 bridgehead atoms. The molecule has 0 atom stereocenters. The minimum atomic E-state index is -1.13. The fourth-order valence-electron chi connectivity index (χ4n) is 2.57. The van der Waals surface area contributed by atoms with E-state index in [4.69, 9.17) is 5.11 Å². The number of anilines is 1. The Kier molecular flexibility index (Phi) is 4.43. The van der Waals surface area contributed by atoms with Gasteiger partial charge in [-0.05, 0) is 42.8 Å². The molecule has 9 nitrogen and oxygen atoms in total. The van der Waals surface area contributed by atoms with Crippen molar-refractivity contribution in [1.29, 1.82) is 0 Å². The first kappa shape index (κ1) is 17.8. The maximum Gasteiger partial charge on any atom is 0.335 e.